The van der Waals surface area contributed by atoms with Crippen molar-refractivity contribution in [1.29, 1.82) is 0 Å². The fourth-order valence-corrected chi connectivity index (χ4v) is 2.36. The Labute approximate surface area is 119 Å². The summed E-state index contributed by atoms with van der Waals surface area (Å²) < 4.78 is 0. The third-order valence-corrected chi connectivity index (χ3v) is 3.16. The molecule has 0 heterocycles. The van der Waals surface area contributed by atoms with Gasteiger partial charge in [0, 0.05) is 16.9 Å². The minimum absolute atomic E-state index is 0.409. The minimum Gasteiger partial charge on any atom is -0.389 e. The zero-order valence-corrected chi connectivity index (χ0v) is 12.3. The van der Waals surface area contributed by atoms with Crippen LogP contribution in [0.25, 0.3) is 0 Å². The van der Waals surface area contributed by atoms with Crippen LogP contribution in [0.5, 0.6) is 0 Å². The Hall–Kier alpha value is -1.87. The maximum absolute atomic E-state index is 5.77. The fraction of sp³-hybridized carbons (Fsp3) is 0.188. The van der Waals surface area contributed by atoms with Gasteiger partial charge in [0.15, 0.2) is 0 Å². The molecule has 0 bridgehead atoms. The number of rotatable bonds is 3. The molecule has 0 unspecified atom stereocenters. The van der Waals surface area contributed by atoms with E-state index in [-0.39, 0.29) is 0 Å². The van der Waals surface area contributed by atoms with E-state index in [2.05, 4.69) is 50.4 Å². The maximum Gasteiger partial charge on any atom is 0.106 e. The van der Waals surface area contributed by atoms with Crippen molar-refractivity contribution in [3.8, 4) is 0 Å². The molecule has 0 amide bonds. The molecule has 0 fully saturated rings. The summed E-state index contributed by atoms with van der Waals surface area (Å²) in [6, 6.07) is 12.4. The van der Waals surface area contributed by atoms with Crippen LogP contribution < -0.4 is 11.1 Å². The summed E-state index contributed by atoms with van der Waals surface area (Å²) in [6.07, 6.45) is 0. The number of benzene rings is 2. The number of anilines is 2. The lowest BCUT2D eigenvalue weighted by molar-refractivity contribution is 1.37. The summed E-state index contributed by atoms with van der Waals surface area (Å²) in [7, 11) is 0. The first-order valence-corrected chi connectivity index (χ1v) is 6.62. The van der Waals surface area contributed by atoms with Crippen LogP contribution in [0.4, 0.5) is 11.4 Å². The number of thiocarbonyl (C=S) groups is 1. The van der Waals surface area contributed by atoms with E-state index in [1.54, 1.807) is 0 Å². The third kappa shape index (κ3) is 3.32. The van der Waals surface area contributed by atoms with E-state index in [0.717, 1.165) is 16.9 Å². The van der Waals surface area contributed by atoms with Crippen molar-refractivity contribution in [2.24, 2.45) is 5.73 Å². The standard InChI is InChI=1S/C16H18N2S/c1-10-4-5-14(16(17)19)15(9-10)18-13-7-11(2)6-12(3)8-13/h4-9,18H,1-3H3,(H2,17,19). The summed E-state index contributed by atoms with van der Waals surface area (Å²) >= 11 is 5.10. The second-order valence-electron chi connectivity index (χ2n) is 4.91. The van der Waals surface area contributed by atoms with Gasteiger partial charge >= 0.3 is 0 Å². The number of nitrogens with two attached hydrogens (primary N) is 1. The van der Waals surface area contributed by atoms with Crippen LogP contribution in [0.3, 0.4) is 0 Å². The third-order valence-electron chi connectivity index (χ3n) is 2.94. The van der Waals surface area contributed by atoms with E-state index in [1.165, 1.54) is 16.7 Å². The number of aryl methyl sites for hydroxylation is 3. The number of hydrogen-bond acceptors (Lipinski definition) is 2. The zero-order valence-electron chi connectivity index (χ0n) is 11.4. The molecule has 0 saturated heterocycles. The van der Waals surface area contributed by atoms with Crippen molar-refractivity contribution in [2.45, 2.75) is 20.8 Å². The van der Waals surface area contributed by atoms with Gasteiger partial charge in [-0.05, 0) is 61.7 Å². The highest BCUT2D eigenvalue weighted by atomic mass is 32.1. The lowest BCUT2D eigenvalue weighted by Gasteiger charge is -2.13. The summed E-state index contributed by atoms with van der Waals surface area (Å²) in [4.78, 5) is 0.409. The highest BCUT2D eigenvalue weighted by molar-refractivity contribution is 7.80. The van der Waals surface area contributed by atoms with Crippen LogP contribution in [0.2, 0.25) is 0 Å². The van der Waals surface area contributed by atoms with Crippen molar-refractivity contribution in [3.05, 3.63) is 58.7 Å². The summed E-state index contributed by atoms with van der Waals surface area (Å²) in [6.45, 7) is 6.22. The molecule has 2 aromatic rings. The van der Waals surface area contributed by atoms with Gasteiger partial charge in [0.25, 0.3) is 0 Å². The van der Waals surface area contributed by atoms with Crippen LogP contribution in [0, 0.1) is 20.8 Å². The predicted molar refractivity (Wildman–Crippen MR) is 86.3 cm³/mol. The number of nitrogens with one attached hydrogen (secondary N) is 1. The van der Waals surface area contributed by atoms with Crippen molar-refractivity contribution in [3.63, 3.8) is 0 Å². The quantitative estimate of drug-likeness (QED) is 0.828. The Balaban J connectivity index is 2.42. The largest absolute Gasteiger partial charge is 0.389 e. The molecule has 0 aliphatic rings. The molecule has 0 radical (unpaired) electrons. The van der Waals surface area contributed by atoms with E-state index in [1.807, 2.05) is 12.1 Å². The van der Waals surface area contributed by atoms with E-state index in [4.69, 9.17) is 18.0 Å². The first kappa shape index (κ1) is 13.6. The second kappa shape index (κ2) is 5.41. The SMILES string of the molecule is Cc1cc(C)cc(Nc2cc(C)ccc2C(N)=S)c1. The van der Waals surface area contributed by atoms with Gasteiger partial charge in [-0.2, -0.15) is 0 Å². The van der Waals surface area contributed by atoms with Gasteiger partial charge in [-0.25, -0.2) is 0 Å². The molecule has 0 aliphatic carbocycles. The predicted octanol–water partition coefficient (Wildman–Crippen LogP) is 3.99. The van der Waals surface area contributed by atoms with E-state index < -0.39 is 0 Å². The molecule has 0 atom stereocenters. The highest BCUT2D eigenvalue weighted by Crippen LogP contribution is 2.24. The average molecular weight is 270 g/mol. The van der Waals surface area contributed by atoms with Crippen molar-refractivity contribution >= 4 is 28.6 Å². The van der Waals surface area contributed by atoms with Gasteiger partial charge in [0.2, 0.25) is 0 Å². The lowest BCUT2D eigenvalue weighted by Crippen LogP contribution is -2.12. The Kier molecular flexibility index (Phi) is 3.86. The minimum atomic E-state index is 0.409. The zero-order chi connectivity index (χ0) is 14.0. The monoisotopic (exact) mass is 270 g/mol. The average Bonchev–Trinajstić information content (AvgIpc) is 2.26. The highest BCUT2D eigenvalue weighted by Gasteiger charge is 2.06. The molecule has 0 spiro atoms. The summed E-state index contributed by atoms with van der Waals surface area (Å²) in [5.41, 5.74) is 12.3. The Morgan fingerprint density at radius 2 is 1.58 bits per heavy atom. The molecule has 19 heavy (non-hydrogen) atoms. The van der Waals surface area contributed by atoms with Crippen molar-refractivity contribution < 1.29 is 0 Å². The molecule has 0 aliphatic heterocycles. The molecule has 0 aromatic heterocycles. The lowest BCUT2D eigenvalue weighted by atomic mass is 10.1. The molecular formula is C16H18N2S. The molecule has 3 heteroatoms. The Morgan fingerprint density at radius 3 is 2.16 bits per heavy atom. The van der Waals surface area contributed by atoms with Crippen LogP contribution in [0.15, 0.2) is 36.4 Å². The molecule has 98 valence electrons. The van der Waals surface area contributed by atoms with Crippen LogP contribution in [0.1, 0.15) is 22.3 Å². The van der Waals surface area contributed by atoms with Crippen LogP contribution in [-0.4, -0.2) is 4.99 Å². The Bertz CT molecular complexity index is 612. The van der Waals surface area contributed by atoms with E-state index in [9.17, 15) is 0 Å². The first-order valence-electron chi connectivity index (χ1n) is 6.21. The van der Waals surface area contributed by atoms with Gasteiger partial charge in [-0.3, -0.25) is 0 Å². The van der Waals surface area contributed by atoms with Crippen LogP contribution >= 0.6 is 12.2 Å². The first-order chi connectivity index (χ1) is 8.95. The molecular weight excluding hydrogens is 252 g/mol. The van der Waals surface area contributed by atoms with Gasteiger partial charge in [0.05, 0.1) is 0 Å². The fourth-order valence-electron chi connectivity index (χ4n) is 2.18. The second-order valence-corrected chi connectivity index (χ2v) is 5.35. The molecule has 2 rings (SSSR count). The van der Waals surface area contributed by atoms with Crippen LogP contribution in [-0.2, 0) is 0 Å². The molecule has 2 nitrogen and oxygen atoms in total. The smallest absolute Gasteiger partial charge is 0.106 e. The normalized spacial score (nSPS) is 10.3. The van der Waals surface area contributed by atoms with Crippen molar-refractivity contribution in [1.82, 2.24) is 0 Å². The van der Waals surface area contributed by atoms with Gasteiger partial charge in [0.1, 0.15) is 4.99 Å². The topological polar surface area (TPSA) is 38.0 Å². The Morgan fingerprint density at radius 1 is 0.947 bits per heavy atom. The van der Waals surface area contributed by atoms with E-state index >= 15 is 0 Å². The molecule has 0 saturated carbocycles. The molecule has 2 aromatic carbocycles. The van der Waals surface area contributed by atoms with Gasteiger partial charge in [-0.15, -0.1) is 0 Å². The summed E-state index contributed by atoms with van der Waals surface area (Å²) in [5.74, 6) is 0. The van der Waals surface area contributed by atoms with Gasteiger partial charge in [-0.1, -0.05) is 24.4 Å². The van der Waals surface area contributed by atoms with E-state index in [0.29, 0.717) is 4.99 Å². The van der Waals surface area contributed by atoms with Crippen molar-refractivity contribution in [2.75, 3.05) is 5.32 Å². The molecule has 3 N–H and O–H groups in total. The van der Waals surface area contributed by atoms with Gasteiger partial charge < -0.3 is 11.1 Å². The maximum atomic E-state index is 5.77. The number of hydrogen-bond donors (Lipinski definition) is 2. The summed E-state index contributed by atoms with van der Waals surface area (Å²) in [5, 5.41) is 3.41.